The summed E-state index contributed by atoms with van der Waals surface area (Å²) in [4.78, 5) is 0. The van der Waals surface area contributed by atoms with E-state index in [-0.39, 0.29) is 4.75 Å². The Kier molecular flexibility index (Phi) is 1.91. The molecule has 0 radical (unpaired) electrons. The van der Waals surface area contributed by atoms with Gasteiger partial charge in [-0.2, -0.15) is 0 Å². The van der Waals surface area contributed by atoms with Crippen LogP contribution in [0.4, 0.5) is 5.69 Å². The lowest BCUT2D eigenvalue weighted by Gasteiger charge is -2.14. The average Bonchev–Trinajstić information content (AvgIpc) is 2.85. The highest BCUT2D eigenvalue weighted by Gasteiger charge is 2.49. The van der Waals surface area contributed by atoms with Crippen LogP contribution in [0.15, 0.2) is 24.3 Å². The van der Waals surface area contributed by atoms with Crippen molar-refractivity contribution >= 4 is 16.5 Å². The molecule has 1 saturated carbocycles. The molecule has 0 heterocycles. The molecule has 1 aliphatic rings. The SMILES string of the molecule is CS(=O)C1(c2ccccc2N)CC1. The number of para-hydroxylation sites is 1. The van der Waals surface area contributed by atoms with Gasteiger partial charge in [0, 0.05) is 22.7 Å². The van der Waals surface area contributed by atoms with Crippen molar-refractivity contribution in [1.29, 1.82) is 0 Å². The Balaban J connectivity index is 2.47. The first-order valence-electron chi connectivity index (χ1n) is 4.35. The first kappa shape index (κ1) is 8.75. The van der Waals surface area contributed by atoms with Gasteiger partial charge in [-0.25, -0.2) is 0 Å². The molecule has 1 fully saturated rings. The molecule has 0 saturated heterocycles. The van der Waals surface area contributed by atoms with Crippen molar-refractivity contribution in [2.75, 3.05) is 12.0 Å². The monoisotopic (exact) mass is 195 g/mol. The highest BCUT2D eigenvalue weighted by atomic mass is 32.2. The maximum Gasteiger partial charge on any atom is 0.0725 e. The summed E-state index contributed by atoms with van der Waals surface area (Å²) in [7, 11) is -0.806. The highest BCUT2D eigenvalue weighted by molar-refractivity contribution is 7.85. The van der Waals surface area contributed by atoms with E-state index < -0.39 is 10.8 Å². The van der Waals surface area contributed by atoms with Crippen LogP contribution in [0.25, 0.3) is 0 Å². The van der Waals surface area contributed by atoms with Crippen LogP contribution in [-0.4, -0.2) is 10.5 Å². The molecule has 2 N–H and O–H groups in total. The third kappa shape index (κ3) is 1.27. The number of rotatable bonds is 2. The quantitative estimate of drug-likeness (QED) is 0.729. The van der Waals surface area contributed by atoms with E-state index in [4.69, 9.17) is 5.73 Å². The second-order valence-corrected chi connectivity index (χ2v) is 5.23. The first-order valence-corrected chi connectivity index (χ1v) is 5.91. The van der Waals surface area contributed by atoms with Crippen LogP contribution in [0.5, 0.6) is 0 Å². The van der Waals surface area contributed by atoms with Crippen molar-refractivity contribution in [3.8, 4) is 0 Å². The molecule has 2 rings (SSSR count). The van der Waals surface area contributed by atoms with Gasteiger partial charge in [0.1, 0.15) is 0 Å². The Labute approximate surface area is 80.6 Å². The number of hydrogen-bond donors (Lipinski definition) is 1. The standard InChI is InChI=1S/C10H13NOS/c1-13(12)10(6-7-10)8-4-2-3-5-9(8)11/h2-5H,6-7,11H2,1H3. The van der Waals surface area contributed by atoms with Gasteiger partial charge in [-0.05, 0) is 24.5 Å². The first-order chi connectivity index (χ1) is 6.17. The molecule has 13 heavy (non-hydrogen) atoms. The van der Waals surface area contributed by atoms with Gasteiger partial charge in [-0.1, -0.05) is 18.2 Å². The lowest BCUT2D eigenvalue weighted by Crippen LogP contribution is -2.14. The zero-order valence-electron chi connectivity index (χ0n) is 7.62. The van der Waals surface area contributed by atoms with Gasteiger partial charge in [-0.3, -0.25) is 4.21 Å². The van der Waals surface area contributed by atoms with Crippen LogP contribution in [-0.2, 0) is 15.5 Å². The summed E-state index contributed by atoms with van der Waals surface area (Å²) in [5.41, 5.74) is 7.69. The molecule has 1 aromatic rings. The summed E-state index contributed by atoms with van der Waals surface area (Å²) in [5.74, 6) is 0. The maximum absolute atomic E-state index is 11.5. The molecule has 0 aliphatic heterocycles. The molecular formula is C10H13NOS. The Morgan fingerprint density at radius 3 is 2.46 bits per heavy atom. The van der Waals surface area contributed by atoms with Crippen molar-refractivity contribution in [3.63, 3.8) is 0 Å². The topological polar surface area (TPSA) is 43.1 Å². The van der Waals surface area contributed by atoms with Gasteiger partial charge >= 0.3 is 0 Å². The molecule has 0 bridgehead atoms. The Morgan fingerprint density at radius 1 is 1.38 bits per heavy atom. The van der Waals surface area contributed by atoms with Crippen LogP contribution in [0.3, 0.4) is 0 Å². The highest BCUT2D eigenvalue weighted by Crippen LogP contribution is 2.52. The molecule has 1 unspecified atom stereocenters. The van der Waals surface area contributed by atoms with Gasteiger partial charge in [0.2, 0.25) is 0 Å². The molecule has 0 aromatic heterocycles. The minimum absolute atomic E-state index is 0.120. The van der Waals surface area contributed by atoms with E-state index in [2.05, 4.69) is 0 Å². The van der Waals surface area contributed by atoms with Crippen LogP contribution >= 0.6 is 0 Å². The largest absolute Gasteiger partial charge is 0.398 e. The predicted octanol–water partition coefficient (Wildman–Crippen LogP) is 1.64. The summed E-state index contributed by atoms with van der Waals surface area (Å²) >= 11 is 0. The maximum atomic E-state index is 11.5. The third-order valence-corrected chi connectivity index (χ3v) is 4.43. The van der Waals surface area contributed by atoms with Crippen molar-refractivity contribution in [2.24, 2.45) is 0 Å². The molecule has 3 heteroatoms. The number of hydrogen-bond acceptors (Lipinski definition) is 2. The Hall–Kier alpha value is -0.830. The summed E-state index contributed by atoms with van der Waals surface area (Å²) < 4.78 is 11.4. The van der Waals surface area contributed by atoms with Gasteiger partial charge in [0.25, 0.3) is 0 Å². The molecule has 2 nitrogen and oxygen atoms in total. The summed E-state index contributed by atoms with van der Waals surface area (Å²) in [6.07, 6.45) is 3.77. The van der Waals surface area contributed by atoms with E-state index in [9.17, 15) is 4.21 Å². The zero-order valence-corrected chi connectivity index (χ0v) is 8.43. The molecule has 70 valence electrons. The Bertz CT molecular complexity index is 358. The number of nitrogens with two attached hydrogens (primary N) is 1. The summed E-state index contributed by atoms with van der Waals surface area (Å²) in [6.45, 7) is 0. The fourth-order valence-electron chi connectivity index (χ4n) is 1.74. The molecule has 0 spiro atoms. The van der Waals surface area contributed by atoms with Crippen LogP contribution in [0, 0.1) is 0 Å². The van der Waals surface area contributed by atoms with Gasteiger partial charge in [-0.15, -0.1) is 0 Å². The minimum atomic E-state index is -0.806. The van der Waals surface area contributed by atoms with E-state index in [1.54, 1.807) is 6.26 Å². The molecule has 1 aromatic carbocycles. The van der Waals surface area contributed by atoms with Crippen LogP contribution < -0.4 is 5.73 Å². The zero-order chi connectivity index (χ0) is 9.47. The van der Waals surface area contributed by atoms with E-state index >= 15 is 0 Å². The van der Waals surface area contributed by atoms with Gasteiger partial charge in [0.15, 0.2) is 0 Å². The lowest BCUT2D eigenvalue weighted by atomic mass is 10.1. The number of benzene rings is 1. The van der Waals surface area contributed by atoms with Crippen molar-refractivity contribution in [2.45, 2.75) is 17.6 Å². The Morgan fingerprint density at radius 2 is 2.00 bits per heavy atom. The van der Waals surface area contributed by atoms with Gasteiger partial charge in [0.05, 0.1) is 4.75 Å². The second-order valence-electron chi connectivity index (χ2n) is 3.54. The fraction of sp³-hybridized carbons (Fsp3) is 0.400. The third-order valence-electron chi connectivity index (χ3n) is 2.71. The van der Waals surface area contributed by atoms with Crippen molar-refractivity contribution < 1.29 is 4.21 Å². The average molecular weight is 195 g/mol. The van der Waals surface area contributed by atoms with E-state index in [0.29, 0.717) is 0 Å². The normalized spacial score (nSPS) is 21.0. The molecule has 0 amide bonds. The van der Waals surface area contributed by atoms with E-state index in [1.807, 2.05) is 24.3 Å². The predicted molar refractivity (Wildman–Crippen MR) is 55.8 cm³/mol. The fourth-order valence-corrected chi connectivity index (χ4v) is 2.91. The molecule has 1 atom stereocenters. The number of nitrogen functional groups attached to an aromatic ring is 1. The smallest absolute Gasteiger partial charge is 0.0725 e. The summed E-state index contributed by atoms with van der Waals surface area (Å²) in [6, 6.07) is 7.73. The van der Waals surface area contributed by atoms with Crippen LogP contribution in [0.1, 0.15) is 18.4 Å². The van der Waals surface area contributed by atoms with Crippen LogP contribution in [0.2, 0.25) is 0 Å². The number of anilines is 1. The van der Waals surface area contributed by atoms with Crippen molar-refractivity contribution in [1.82, 2.24) is 0 Å². The van der Waals surface area contributed by atoms with E-state index in [1.165, 1.54) is 0 Å². The van der Waals surface area contributed by atoms with Gasteiger partial charge < -0.3 is 5.73 Å². The molecule has 1 aliphatic carbocycles. The lowest BCUT2D eigenvalue weighted by molar-refractivity contribution is 0.675. The minimum Gasteiger partial charge on any atom is -0.398 e. The molecular weight excluding hydrogens is 182 g/mol. The second kappa shape index (κ2) is 2.84. The van der Waals surface area contributed by atoms with Crippen molar-refractivity contribution in [3.05, 3.63) is 29.8 Å². The summed E-state index contributed by atoms with van der Waals surface area (Å²) in [5, 5.41) is 0. The van der Waals surface area contributed by atoms with E-state index in [0.717, 1.165) is 24.1 Å².